The monoisotopic (exact) mass is 197 g/mol. The van der Waals surface area contributed by atoms with Gasteiger partial charge in [0.25, 0.3) is 0 Å². The van der Waals surface area contributed by atoms with Crippen molar-refractivity contribution in [2.24, 2.45) is 0 Å². The fraction of sp³-hybridized carbons (Fsp3) is 0.800. The Balaban J connectivity index is 3.33. The second-order valence-electron chi connectivity index (χ2n) is 3.30. The molecule has 0 aromatic rings. The van der Waals surface area contributed by atoms with E-state index in [9.17, 15) is 4.79 Å². The van der Waals surface area contributed by atoms with Gasteiger partial charge in [-0.3, -0.25) is 4.79 Å². The number of nitrogens with zero attached hydrogens (tertiary/aromatic N) is 1. The highest BCUT2D eigenvalue weighted by atomic mass is 16.1. The highest BCUT2D eigenvalue weighted by Crippen LogP contribution is 1.86. The van der Waals surface area contributed by atoms with Crippen molar-refractivity contribution in [3.8, 4) is 6.07 Å². The van der Waals surface area contributed by atoms with Crippen LogP contribution in [0.3, 0.4) is 0 Å². The lowest BCUT2D eigenvalue weighted by molar-refractivity contribution is -0.120. The van der Waals surface area contributed by atoms with Gasteiger partial charge in [0.1, 0.15) is 0 Å². The third-order valence-electron chi connectivity index (χ3n) is 2.01. The summed E-state index contributed by atoms with van der Waals surface area (Å²) in [5, 5.41) is 14.1. The van der Waals surface area contributed by atoms with Gasteiger partial charge in [-0.2, -0.15) is 5.26 Å². The van der Waals surface area contributed by atoms with Crippen molar-refractivity contribution >= 4 is 5.91 Å². The predicted molar refractivity (Wildman–Crippen MR) is 55.6 cm³/mol. The number of nitriles is 1. The molecular formula is C10H19N3O. The van der Waals surface area contributed by atoms with Crippen LogP contribution in [0.2, 0.25) is 0 Å². The topological polar surface area (TPSA) is 64.9 Å². The average Bonchev–Trinajstić information content (AvgIpc) is 2.21. The summed E-state index contributed by atoms with van der Waals surface area (Å²) in [6, 6.07) is 2.41. The van der Waals surface area contributed by atoms with Crippen molar-refractivity contribution in [1.82, 2.24) is 10.6 Å². The van der Waals surface area contributed by atoms with Crippen molar-refractivity contribution in [2.45, 2.75) is 39.2 Å². The summed E-state index contributed by atoms with van der Waals surface area (Å²) < 4.78 is 0. The van der Waals surface area contributed by atoms with E-state index < -0.39 is 0 Å². The largest absolute Gasteiger partial charge is 0.355 e. The second kappa shape index (κ2) is 8.52. The van der Waals surface area contributed by atoms with Gasteiger partial charge in [0.2, 0.25) is 5.91 Å². The molecule has 0 aromatic heterocycles. The van der Waals surface area contributed by atoms with E-state index in [-0.39, 0.29) is 5.91 Å². The van der Waals surface area contributed by atoms with E-state index in [1.165, 1.54) is 0 Å². The molecule has 0 aliphatic carbocycles. The van der Waals surface area contributed by atoms with E-state index in [4.69, 9.17) is 5.26 Å². The Morgan fingerprint density at radius 3 is 2.86 bits per heavy atom. The van der Waals surface area contributed by atoms with Crippen molar-refractivity contribution in [3.63, 3.8) is 0 Å². The number of hydrogen-bond acceptors (Lipinski definition) is 3. The summed E-state index contributed by atoms with van der Waals surface area (Å²) in [7, 11) is 0. The van der Waals surface area contributed by atoms with Crippen LogP contribution in [0, 0.1) is 11.3 Å². The van der Waals surface area contributed by atoms with E-state index in [0.29, 0.717) is 25.6 Å². The lowest BCUT2D eigenvalue weighted by Crippen LogP contribution is -2.38. The molecular weight excluding hydrogens is 178 g/mol. The molecule has 0 fully saturated rings. The number of carbonyl (C=O) groups is 1. The summed E-state index contributed by atoms with van der Waals surface area (Å²) in [5.41, 5.74) is 0. The molecule has 0 saturated heterocycles. The van der Waals surface area contributed by atoms with Gasteiger partial charge in [0, 0.05) is 19.0 Å². The van der Waals surface area contributed by atoms with Crippen LogP contribution in [0.5, 0.6) is 0 Å². The smallest absolute Gasteiger partial charge is 0.233 e. The average molecular weight is 197 g/mol. The van der Waals surface area contributed by atoms with Crippen LogP contribution in [0.15, 0.2) is 0 Å². The first-order valence-electron chi connectivity index (χ1n) is 5.07. The first-order chi connectivity index (χ1) is 6.70. The van der Waals surface area contributed by atoms with Crippen molar-refractivity contribution in [2.75, 3.05) is 13.1 Å². The van der Waals surface area contributed by atoms with Crippen LogP contribution in [-0.2, 0) is 4.79 Å². The van der Waals surface area contributed by atoms with Gasteiger partial charge < -0.3 is 10.6 Å². The third-order valence-corrected chi connectivity index (χ3v) is 2.01. The van der Waals surface area contributed by atoms with Gasteiger partial charge in [-0.15, -0.1) is 0 Å². The minimum atomic E-state index is 0.00300. The van der Waals surface area contributed by atoms with Gasteiger partial charge in [-0.1, -0.05) is 6.92 Å². The standard InChI is InChI=1S/C10H19N3O/c1-3-9(2)13-8-10(14)12-7-5-4-6-11/h9,13H,3-5,7-8H2,1-2H3,(H,12,14). The molecule has 0 bridgehead atoms. The lowest BCUT2D eigenvalue weighted by Gasteiger charge is -2.10. The summed E-state index contributed by atoms with van der Waals surface area (Å²) >= 11 is 0. The number of unbranched alkanes of at least 4 members (excludes halogenated alkanes) is 1. The van der Waals surface area contributed by atoms with Crippen LogP contribution < -0.4 is 10.6 Å². The molecule has 1 atom stereocenters. The first kappa shape index (κ1) is 12.9. The van der Waals surface area contributed by atoms with Crippen LogP contribution in [-0.4, -0.2) is 25.0 Å². The van der Waals surface area contributed by atoms with Gasteiger partial charge >= 0.3 is 0 Å². The van der Waals surface area contributed by atoms with Crippen molar-refractivity contribution < 1.29 is 4.79 Å². The molecule has 14 heavy (non-hydrogen) atoms. The number of hydrogen-bond donors (Lipinski definition) is 2. The zero-order valence-corrected chi connectivity index (χ0v) is 8.97. The Bertz CT molecular complexity index is 198. The fourth-order valence-corrected chi connectivity index (χ4v) is 0.869. The first-order valence-corrected chi connectivity index (χ1v) is 5.07. The molecule has 0 aliphatic rings. The van der Waals surface area contributed by atoms with Crippen LogP contribution in [0.4, 0.5) is 0 Å². The molecule has 80 valence electrons. The maximum Gasteiger partial charge on any atom is 0.233 e. The van der Waals surface area contributed by atoms with E-state index in [1.54, 1.807) is 0 Å². The molecule has 1 amide bonds. The molecule has 0 heterocycles. The third kappa shape index (κ3) is 7.56. The lowest BCUT2D eigenvalue weighted by atomic mass is 10.2. The Kier molecular flexibility index (Phi) is 7.86. The zero-order valence-electron chi connectivity index (χ0n) is 8.97. The zero-order chi connectivity index (χ0) is 10.8. The summed E-state index contributed by atoms with van der Waals surface area (Å²) in [4.78, 5) is 11.2. The van der Waals surface area contributed by atoms with E-state index in [1.807, 2.05) is 13.0 Å². The molecule has 0 aliphatic heterocycles. The fourth-order valence-electron chi connectivity index (χ4n) is 0.869. The maximum atomic E-state index is 11.2. The second-order valence-corrected chi connectivity index (χ2v) is 3.30. The highest BCUT2D eigenvalue weighted by molar-refractivity contribution is 5.77. The van der Waals surface area contributed by atoms with E-state index in [0.717, 1.165) is 12.8 Å². The highest BCUT2D eigenvalue weighted by Gasteiger charge is 2.02. The molecule has 0 radical (unpaired) electrons. The molecule has 1 unspecified atom stereocenters. The van der Waals surface area contributed by atoms with Gasteiger partial charge in [0.05, 0.1) is 12.6 Å². The maximum absolute atomic E-state index is 11.2. The number of carbonyl (C=O) groups excluding carboxylic acids is 1. The molecule has 4 nitrogen and oxygen atoms in total. The molecule has 0 rings (SSSR count). The van der Waals surface area contributed by atoms with Crippen molar-refractivity contribution in [1.29, 1.82) is 5.26 Å². The minimum Gasteiger partial charge on any atom is -0.355 e. The SMILES string of the molecule is CCC(C)NCC(=O)NCCCC#N. The Hall–Kier alpha value is -1.08. The Labute approximate surface area is 85.7 Å². The summed E-state index contributed by atoms with van der Waals surface area (Å²) in [6.45, 7) is 5.07. The Morgan fingerprint density at radius 1 is 1.57 bits per heavy atom. The van der Waals surface area contributed by atoms with Crippen LogP contribution >= 0.6 is 0 Å². The van der Waals surface area contributed by atoms with E-state index in [2.05, 4.69) is 17.6 Å². The molecule has 0 aromatic carbocycles. The van der Waals surface area contributed by atoms with Gasteiger partial charge in [-0.25, -0.2) is 0 Å². The summed E-state index contributed by atoms with van der Waals surface area (Å²) in [5.74, 6) is 0.00300. The molecule has 2 N–H and O–H groups in total. The quantitative estimate of drug-likeness (QED) is 0.593. The number of nitrogens with one attached hydrogen (secondary N) is 2. The molecule has 0 saturated carbocycles. The molecule has 0 spiro atoms. The van der Waals surface area contributed by atoms with Crippen LogP contribution in [0.1, 0.15) is 33.1 Å². The molecule has 4 heteroatoms. The van der Waals surface area contributed by atoms with Gasteiger partial charge in [0.15, 0.2) is 0 Å². The summed E-state index contributed by atoms with van der Waals surface area (Å²) in [6.07, 6.45) is 2.24. The van der Waals surface area contributed by atoms with Gasteiger partial charge in [-0.05, 0) is 19.8 Å². The number of amides is 1. The normalized spacial score (nSPS) is 11.8. The Morgan fingerprint density at radius 2 is 2.29 bits per heavy atom. The predicted octanol–water partition coefficient (Wildman–Crippen LogP) is 0.794. The van der Waals surface area contributed by atoms with E-state index >= 15 is 0 Å². The van der Waals surface area contributed by atoms with Crippen molar-refractivity contribution in [3.05, 3.63) is 0 Å². The minimum absolute atomic E-state index is 0.00300. The number of rotatable bonds is 7. The van der Waals surface area contributed by atoms with Crippen LogP contribution in [0.25, 0.3) is 0 Å².